The summed E-state index contributed by atoms with van der Waals surface area (Å²) in [4.78, 5) is 1.33. The molecule has 26 heavy (non-hydrogen) atoms. The zero-order valence-electron chi connectivity index (χ0n) is 14.7. The van der Waals surface area contributed by atoms with Crippen LogP contribution in [-0.4, -0.2) is 6.61 Å². The summed E-state index contributed by atoms with van der Waals surface area (Å²) in [7, 11) is 0. The Morgan fingerprint density at radius 2 is 1.85 bits per heavy atom. The van der Waals surface area contributed by atoms with Gasteiger partial charge in [0, 0.05) is 28.6 Å². The first-order valence-electron chi connectivity index (χ1n) is 8.61. The second-order valence-corrected chi connectivity index (χ2v) is 7.22. The van der Waals surface area contributed by atoms with Gasteiger partial charge in [-0.2, -0.15) is 0 Å². The molecule has 0 saturated carbocycles. The van der Waals surface area contributed by atoms with Crippen LogP contribution in [-0.2, 0) is 19.7 Å². The smallest absolute Gasteiger partial charge is 0.161 e. The van der Waals surface area contributed by atoms with Crippen molar-refractivity contribution in [3.05, 3.63) is 81.0 Å². The number of halogens is 1. The van der Waals surface area contributed by atoms with Crippen LogP contribution in [0.3, 0.4) is 0 Å². The average Bonchev–Trinajstić information content (AvgIpc) is 3.16. The van der Waals surface area contributed by atoms with Gasteiger partial charge >= 0.3 is 0 Å². The van der Waals surface area contributed by atoms with Gasteiger partial charge in [0.25, 0.3) is 0 Å². The Morgan fingerprint density at radius 1 is 0.962 bits per heavy atom. The molecule has 1 heterocycles. The molecule has 3 aromatic rings. The lowest BCUT2D eigenvalue weighted by Crippen LogP contribution is -2.12. The van der Waals surface area contributed by atoms with Crippen molar-refractivity contribution < 1.29 is 9.47 Å². The van der Waals surface area contributed by atoms with E-state index in [-0.39, 0.29) is 0 Å². The lowest BCUT2D eigenvalue weighted by atomic mass is 10.2. The largest absolute Gasteiger partial charge is 0.490 e. The van der Waals surface area contributed by atoms with E-state index >= 15 is 0 Å². The highest BCUT2D eigenvalue weighted by molar-refractivity contribution is 7.09. The third-order valence-corrected chi connectivity index (χ3v) is 5.10. The van der Waals surface area contributed by atoms with E-state index in [1.165, 1.54) is 4.88 Å². The molecular formula is C21H22ClNO2S. The van der Waals surface area contributed by atoms with Crippen LogP contribution in [0.25, 0.3) is 0 Å². The Hall–Kier alpha value is -2.01. The number of nitrogens with one attached hydrogen (secondary N) is 1. The number of hydrogen-bond acceptors (Lipinski definition) is 4. The maximum absolute atomic E-state index is 6.20. The van der Waals surface area contributed by atoms with Crippen LogP contribution in [0.2, 0.25) is 5.02 Å². The van der Waals surface area contributed by atoms with E-state index in [4.69, 9.17) is 21.1 Å². The van der Waals surface area contributed by atoms with Gasteiger partial charge in [0.05, 0.1) is 6.61 Å². The quantitative estimate of drug-likeness (QED) is 0.513. The van der Waals surface area contributed by atoms with Crippen LogP contribution in [0.4, 0.5) is 0 Å². The number of rotatable bonds is 9. The molecule has 1 N–H and O–H groups in total. The van der Waals surface area contributed by atoms with Crippen LogP contribution in [0, 0.1) is 0 Å². The fourth-order valence-electron chi connectivity index (χ4n) is 2.56. The minimum Gasteiger partial charge on any atom is -0.490 e. The summed E-state index contributed by atoms with van der Waals surface area (Å²) < 4.78 is 11.7. The summed E-state index contributed by atoms with van der Waals surface area (Å²) in [6.07, 6.45) is 0. The van der Waals surface area contributed by atoms with Crippen molar-refractivity contribution in [3.63, 3.8) is 0 Å². The zero-order valence-corrected chi connectivity index (χ0v) is 16.3. The third kappa shape index (κ3) is 5.24. The highest BCUT2D eigenvalue weighted by Crippen LogP contribution is 2.30. The van der Waals surface area contributed by atoms with Gasteiger partial charge in [-0.1, -0.05) is 41.9 Å². The van der Waals surface area contributed by atoms with Crippen molar-refractivity contribution in [3.8, 4) is 11.5 Å². The van der Waals surface area contributed by atoms with Crippen LogP contribution >= 0.6 is 22.9 Å². The van der Waals surface area contributed by atoms with Crippen LogP contribution in [0.1, 0.15) is 22.9 Å². The van der Waals surface area contributed by atoms with Gasteiger partial charge in [0.15, 0.2) is 11.5 Å². The summed E-state index contributed by atoms with van der Waals surface area (Å²) in [5, 5.41) is 6.26. The number of ether oxygens (including phenoxy) is 2. The van der Waals surface area contributed by atoms with E-state index in [2.05, 4.69) is 28.9 Å². The Bertz CT molecular complexity index is 821. The normalized spacial score (nSPS) is 10.7. The molecule has 0 saturated heterocycles. The van der Waals surface area contributed by atoms with Gasteiger partial charge in [0.1, 0.15) is 6.61 Å². The Balaban J connectivity index is 1.63. The summed E-state index contributed by atoms with van der Waals surface area (Å²) >= 11 is 7.96. The van der Waals surface area contributed by atoms with Crippen molar-refractivity contribution >= 4 is 22.9 Å². The first-order chi connectivity index (χ1) is 12.8. The molecular weight excluding hydrogens is 366 g/mol. The average molecular weight is 388 g/mol. The van der Waals surface area contributed by atoms with Gasteiger partial charge in [-0.05, 0) is 42.1 Å². The highest BCUT2D eigenvalue weighted by atomic mass is 35.5. The molecule has 0 spiro atoms. The highest BCUT2D eigenvalue weighted by Gasteiger charge is 2.08. The van der Waals surface area contributed by atoms with Crippen LogP contribution < -0.4 is 14.8 Å². The van der Waals surface area contributed by atoms with Gasteiger partial charge in [-0.15, -0.1) is 11.3 Å². The van der Waals surface area contributed by atoms with Crippen molar-refractivity contribution in [2.45, 2.75) is 26.6 Å². The molecule has 0 aliphatic rings. The van der Waals surface area contributed by atoms with E-state index in [1.54, 1.807) is 11.3 Å². The molecule has 3 nitrogen and oxygen atoms in total. The molecule has 0 aliphatic carbocycles. The molecule has 0 unspecified atom stereocenters. The number of thiophene rings is 1. The molecule has 0 bridgehead atoms. The van der Waals surface area contributed by atoms with E-state index in [0.717, 1.165) is 35.7 Å². The minimum atomic E-state index is 0.412. The molecule has 0 aliphatic heterocycles. The molecule has 0 radical (unpaired) electrons. The van der Waals surface area contributed by atoms with Gasteiger partial charge in [-0.3, -0.25) is 0 Å². The standard InChI is InChI=1S/C21H22ClNO2S/c1-2-24-21-12-16(13-23-14-18-7-5-11-26-18)9-10-20(21)25-15-17-6-3-4-8-19(17)22/h3-12,23H,2,13-15H2,1H3. The maximum Gasteiger partial charge on any atom is 0.161 e. The second-order valence-electron chi connectivity index (χ2n) is 5.78. The van der Waals surface area contributed by atoms with Gasteiger partial charge in [0.2, 0.25) is 0 Å². The lowest BCUT2D eigenvalue weighted by Gasteiger charge is -2.14. The Labute approximate surface area is 163 Å². The number of benzene rings is 2. The van der Waals surface area contributed by atoms with Crippen molar-refractivity contribution in [1.29, 1.82) is 0 Å². The van der Waals surface area contributed by atoms with Crippen molar-refractivity contribution in [1.82, 2.24) is 5.32 Å². The molecule has 2 aromatic carbocycles. The maximum atomic E-state index is 6.20. The summed E-state index contributed by atoms with van der Waals surface area (Å²) in [6, 6.07) is 18.0. The molecule has 136 valence electrons. The van der Waals surface area contributed by atoms with Crippen molar-refractivity contribution in [2.75, 3.05) is 6.61 Å². The summed E-state index contributed by atoms with van der Waals surface area (Å²) in [6.45, 7) is 4.62. The monoisotopic (exact) mass is 387 g/mol. The van der Waals surface area contributed by atoms with E-state index < -0.39 is 0 Å². The molecule has 5 heteroatoms. The summed E-state index contributed by atoms with van der Waals surface area (Å²) in [5.74, 6) is 1.49. The third-order valence-electron chi connectivity index (χ3n) is 3.86. The Kier molecular flexibility index (Phi) is 6.95. The molecule has 1 aromatic heterocycles. The first kappa shape index (κ1) is 18.8. The second kappa shape index (κ2) is 9.62. The SMILES string of the molecule is CCOc1cc(CNCc2cccs2)ccc1OCc1ccccc1Cl. The predicted molar refractivity (Wildman–Crippen MR) is 108 cm³/mol. The van der Waals surface area contributed by atoms with Crippen molar-refractivity contribution in [2.24, 2.45) is 0 Å². The van der Waals surface area contributed by atoms with E-state index in [9.17, 15) is 0 Å². The fraction of sp³-hybridized carbons (Fsp3) is 0.238. The van der Waals surface area contributed by atoms with Crippen LogP contribution in [0.5, 0.6) is 11.5 Å². The predicted octanol–water partition coefficient (Wildman–Crippen LogP) is 5.67. The Morgan fingerprint density at radius 3 is 2.62 bits per heavy atom. The van der Waals surface area contributed by atoms with Gasteiger partial charge in [-0.25, -0.2) is 0 Å². The topological polar surface area (TPSA) is 30.5 Å². The van der Waals surface area contributed by atoms with Crippen LogP contribution in [0.15, 0.2) is 60.0 Å². The molecule has 0 atom stereocenters. The van der Waals surface area contributed by atoms with E-state index in [1.807, 2.05) is 43.3 Å². The molecule has 0 fully saturated rings. The summed E-state index contributed by atoms with van der Waals surface area (Å²) in [5.41, 5.74) is 2.12. The van der Waals surface area contributed by atoms with E-state index in [0.29, 0.717) is 18.2 Å². The number of hydrogen-bond donors (Lipinski definition) is 1. The zero-order chi connectivity index (χ0) is 18.2. The fourth-order valence-corrected chi connectivity index (χ4v) is 3.43. The first-order valence-corrected chi connectivity index (χ1v) is 9.87. The van der Waals surface area contributed by atoms with Gasteiger partial charge < -0.3 is 14.8 Å². The molecule has 3 rings (SSSR count). The lowest BCUT2D eigenvalue weighted by molar-refractivity contribution is 0.269. The minimum absolute atomic E-state index is 0.412. The molecule has 0 amide bonds.